The van der Waals surface area contributed by atoms with Crippen LogP contribution in [0.3, 0.4) is 0 Å². The van der Waals surface area contributed by atoms with Gasteiger partial charge in [-0.1, -0.05) is 60.7 Å². The van der Waals surface area contributed by atoms with Crippen molar-refractivity contribution in [1.82, 2.24) is 4.98 Å². The van der Waals surface area contributed by atoms with Gasteiger partial charge in [0, 0.05) is 21.9 Å². The summed E-state index contributed by atoms with van der Waals surface area (Å²) in [6.45, 7) is 1.99. The highest BCUT2D eigenvalue weighted by molar-refractivity contribution is 7.15. The molecule has 0 aliphatic carbocycles. The molecule has 1 amide bonds. The number of esters is 1. The van der Waals surface area contributed by atoms with E-state index in [1.54, 1.807) is 20.1 Å². The van der Waals surface area contributed by atoms with Crippen LogP contribution in [0.2, 0.25) is 0 Å². The number of rotatable bonds is 7. The molecular formula is C30H24N2O4S. The Kier molecular flexibility index (Phi) is 6.96. The molecule has 0 aliphatic rings. The van der Waals surface area contributed by atoms with Crippen molar-refractivity contribution in [2.75, 3.05) is 19.0 Å². The van der Waals surface area contributed by atoms with Crippen LogP contribution >= 0.6 is 11.3 Å². The molecule has 0 bridgehead atoms. The van der Waals surface area contributed by atoms with Crippen LogP contribution in [0.5, 0.6) is 5.75 Å². The molecule has 6 nitrogen and oxygen atoms in total. The number of para-hydroxylation sites is 1. The quantitative estimate of drug-likeness (QED) is 0.238. The normalized spacial score (nSPS) is 10.8. The van der Waals surface area contributed by atoms with Gasteiger partial charge in [-0.3, -0.25) is 4.79 Å². The zero-order chi connectivity index (χ0) is 25.8. The molecule has 1 N–H and O–H groups in total. The Hall–Kier alpha value is -4.49. The van der Waals surface area contributed by atoms with Gasteiger partial charge >= 0.3 is 5.97 Å². The van der Waals surface area contributed by atoms with Gasteiger partial charge in [0.25, 0.3) is 5.91 Å². The van der Waals surface area contributed by atoms with Gasteiger partial charge in [-0.15, -0.1) is 11.3 Å². The third kappa shape index (κ3) is 4.94. The lowest BCUT2D eigenvalue weighted by Gasteiger charge is -2.12. The molecule has 0 radical (unpaired) electrons. The highest BCUT2D eigenvalue weighted by atomic mass is 32.1. The largest absolute Gasteiger partial charge is 0.497 e. The molecule has 0 atom stereocenters. The summed E-state index contributed by atoms with van der Waals surface area (Å²) in [6, 6.07) is 26.4. The second kappa shape index (κ2) is 10.6. The highest BCUT2D eigenvalue weighted by Crippen LogP contribution is 2.37. The number of nitrogens with zero attached hydrogens (tertiary/aromatic N) is 1. The first kappa shape index (κ1) is 24.2. The fraction of sp³-hybridized carbons (Fsp3) is 0.100. The molecule has 3 aromatic carbocycles. The van der Waals surface area contributed by atoms with E-state index in [9.17, 15) is 9.59 Å². The molecule has 0 unspecified atom stereocenters. The van der Waals surface area contributed by atoms with Crippen molar-refractivity contribution in [2.24, 2.45) is 0 Å². The zero-order valence-electron chi connectivity index (χ0n) is 20.4. The first-order valence-electron chi connectivity index (χ1n) is 11.8. The van der Waals surface area contributed by atoms with Crippen LogP contribution in [-0.4, -0.2) is 30.6 Å². The zero-order valence-corrected chi connectivity index (χ0v) is 21.2. The van der Waals surface area contributed by atoms with Gasteiger partial charge in [-0.05, 0) is 36.8 Å². The number of anilines is 1. The summed E-state index contributed by atoms with van der Waals surface area (Å²) in [7, 11) is 1.61. The number of pyridine rings is 1. The van der Waals surface area contributed by atoms with Crippen LogP contribution in [-0.2, 0) is 4.74 Å². The topological polar surface area (TPSA) is 77.5 Å². The second-order valence-electron chi connectivity index (χ2n) is 8.20. The minimum atomic E-state index is -0.477. The van der Waals surface area contributed by atoms with Crippen molar-refractivity contribution >= 4 is 39.1 Å². The third-order valence-electron chi connectivity index (χ3n) is 5.91. The molecule has 37 heavy (non-hydrogen) atoms. The number of methoxy groups -OCH3 is 1. The number of benzene rings is 3. The minimum absolute atomic E-state index is 0.231. The fourth-order valence-corrected chi connectivity index (χ4v) is 5.10. The van der Waals surface area contributed by atoms with Crippen LogP contribution < -0.4 is 10.1 Å². The lowest BCUT2D eigenvalue weighted by atomic mass is 10.0. The number of hydrogen-bond acceptors (Lipinski definition) is 6. The summed E-state index contributed by atoms with van der Waals surface area (Å²) in [4.78, 5) is 31.4. The summed E-state index contributed by atoms with van der Waals surface area (Å²) >= 11 is 1.29. The maximum atomic E-state index is 13.7. The van der Waals surface area contributed by atoms with Crippen molar-refractivity contribution in [2.45, 2.75) is 6.92 Å². The van der Waals surface area contributed by atoms with Gasteiger partial charge in [-0.25, -0.2) is 9.78 Å². The molecule has 0 spiro atoms. The number of carbonyl (C=O) groups excluding carboxylic acids is 2. The number of nitrogens with one attached hydrogen (secondary N) is 1. The molecule has 0 fully saturated rings. The van der Waals surface area contributed by atoms with Crippen molar-refractivity contribution in [1.29, 1.82) is 0 Å². The molecule has 0 saturated heterocycles. The molecule has 0 aliphatic heterocycles. The Morgan fingerprint density at radius 1 is 0.919 bits per heavy atom. The van der Waals surface area contributed by atoms with E-state index in [0.29, 0.717) is 38.5 Å². The van der Waals surface area contributed by atoms with Crippen LogP contribution in [0.1, 0.15) is 27.6 Å². The molecule has 2 heterocycles. The number of ether oxygens (including phenoxy) is 2. The summed E-state index contributed by atoms with van der Waals surface area (Å²) in [5.74, 6) is -0.117. The van der Waals surface area contributed by atoms with Gasteiger partial charge in [0.05, 0.1) is 30.5 Å². The SMILES string of the molecule is CCOC(=O)c1c(-c2ccccc2)csc1NC(=O)c1cc(-c2cccc(OC)c2)nc2ccccc12. The monoisotopic (exact) mass is 508 g/mol. The van der Waals surface area contributed by atoms with Crippen LogP contribution in [0, 0.1) is 0 Å². The Morgan fingerprint density at radius 3 is 2.46 bits per heavy atom. The predicted molar refractivity (Wildman–Crippen MR) is 147 cm³/mol. The summed E-state index contributed by atoms with van der Waals surface area (Å²) < 4.78 is 10.7. The smallest absolute Gasteiger partial charge is 0.341 e. The molecule has 5 aromatic rings. The standard InChI is InChI=1S/C30H24N2O4S/c1-3-36-30(34)27-24(19-10-5-4-6-11-19)18-37-29(27)32-28(33)23-17-26(20-12-9-13-21(16-20)35-2)31-25-15-8-7-14-22(23)25/h4-18H,3H2,1-2H3,(H,32,33). The minimum Gasteiger partial charge on any atom is -0.497 e. The summed E-state index contributed by atoms with van der Waals surface area (Å²) in [5.41, 5.74) is 4.55. The molecular weight excluding hydrogens is 484 g/mol. The lowest BCUT2D eigenvalue weighted by molar-refractivity contribution is 0.0529. The van der Waals surface area contributed by atoms with E-state index in [4.69, 9.17) is 14.5 Å². The first-order valence-corrected chi connectivity index (χ1v) is 12.7. The van der Waals surface area contributed by atoms with Gasteiger partial charge in [0.2, 0.25) is 0 Å². The third-order valence-corrected chi connectivity index (χ3v) is 6.80. The maximum absolute atomic E-state index is 13.7. The maximum Gasteiger partial charge on any atom is 0.341 e. The highest BCUT2D eigenvalue weighted by Gasteiger charge is 2.24. The van der Waals surface area contributed by atoms with Crippen LogP contribution in [0.15, 0.2) is 90.3 Å². The van der Waals surface area contributed by atoms with E-state index in [2.05, 4.69) is 5.32 Å². The number of hydrogen-bond donors (Lipinski definition) is 1. The van der Waals surface area contributed by atoms with E-state index in [-0.39, 0.29) is 12.5 Å². The molecule has 2 aromatic heterocycles. The van der Waals surface area contributed by atoms with Gasteiger partial charge in [0.15, 0.2) is 0 Å². The fourth-order valence-electron chi connectivity index (χ4n) is 4.15. The average Bonchev–Trinajstić information content (AvgIpc) is 3.36. The van der Waals surface area contributed by atoms with Gasteiger partial charge in [0.1, 0.15) is 16.3 Å². The Labute approximate surface area is 218 Å². The van der Waals surface area contributed by atoms with E-state index in [1.165, 1.54) is 11.3 Å². The van der Waals surface area contributed by atoms with Crippen molar-refractivity contribution < 1.29 is 19.1 Å². The number of amides is 1. The number of fused-ring (bicyclic) bond motifs is 1. The van der Waals surface area contributed by atoms with E-state index in [1.807, 2.05) is 84.2 Å². The van der Waals surface area contributed by atoms with E-state index in [0.717, 1.165) is 16.7 Å². The Balaban J connectivity index is 1.58. The van der Waals surface area contributed by atoms with Crippen molar-refractivity contribution in [3.8, 4) is 28.1 Å². The lowest BCUT2D eigenvalue weighted by Crippen LogP contribution is -2.15. The van der Waals surface area contributed by atoms with Crippen LogP contribution in [0.4, 0.5) is 5.00 Å². The van der Waals surface area contributed by atoms with E-state index >= 15 is 0 Å². The second-order valence-corrected chi connectivity index (χ2v) is 9.08. The van der Waals surface area contributed by atoms with Crippen LogP contribution in [0.25, 0.3) is 33.3 Å². The molecule has 7 heteroatoms. The number of carbonyl (C=O) groups is 2. The summed E-state index contributed by atoms with van der Waals surface area (Å²) in [6.07, 6.45) is 0. The van der Waals surface area contributed by atoms with Gasteiger partial charge < -0.3 is 14.8 Å². The summed E-state index contributed by atoms with van der Waals surface area (Å²) in [5, 5.41) is 5.99. The first-order chi connectivity index (χ1) is 18.1. The Morgan fingerprint density at radius 2 is 1.68 bits per heavy atom. The Bertz CT molecular complexity index is 1590. The molecule has 184 valence electrons. The van der Waals surface area contributed by atoms with Crippen molar-refractivity contribution in [3.63, 3.8) is 0 Å². The molecule has 5 rings (SSSR count). The predicted octanol–water partition coefficient (Wildman–Crippen LogP) is 7.07. The van der Waals surface area contributed by atoms with E-state index < -0.39 is 5.97 Å². The number of aromatic nitrogens is 1. The number of thiophene rings is 1. The van der Waals surface area contributed by atoms with Crippen molar-refractivity contribution in [3.05, 3.63) is 101 Å². The molecule has 0 saturated carbocycles. The average molecular weight is 509 g/mol. The van der Waals surface area contributed by atoms with Gasteiger partial charge in [-0.2, -0.15) is 0 Å².